The molecular weight excluding hydrogens is 394 g/mol. The number of nitrogens with one attached hydrogen (secondary N) is 1. The number of hydrogen-bond acceptors (Lipinski definition) is 4. The first-order chi connectivity index (χ1) is 14.0. The molecule has 9 heteroatoms. The number of aromatic nitrogens is 3. The maximum absolute atomic E-state index is 12.5. The molecule has 0 saturated carbocycles. The van der Waals surface area contributed by atoms with Gasteiger partial charge in [0, 0.05) is 44.2 Å². The molecule has 2 heterocycles. The van der Waals surface area contributed by atoms with Gasteiger partial charge in [-0.15, -0.1) is 0 Å². The number of rotatable bonds is 7. The fourth-order valence-corrected chi connectivity index (χ4v) is 3.74. The average molecular weight is 422 g/mol. The molecule has 0 spiro atoms. The molecule has 1 aliphatic heterocycles. The fourth-order valence-electron chi connectivity index (χ4n) is 3.61. The Labute approximate surface area is 175 Å². The zero-order valence-electron chi connectivity index (χ0n) is 16.9. The van der Waals surface area contributed by atoms with Crippen LogP contribution in [0.1, 0.15) is 37.1 Å². The van der Waals surface area contributed by atoms with Gasteiger partial charge in [-0.25, -0.2) is 14.3 Å². The first-order valence-electron chi connectivity index (χ1n) is 9.97. The van der Waals surface area contributed by atoms with Crippen LogP contribution >= 0.6 is 11.6 Å². The normalized spacial score (nSPS) is 14.9. The van der Waals surface area contributed by atoms with Crippen molar-refractivity contribution < 1.29 is 9.53 Å². The van der Waals surface area contributed by atoms with E-state index in [1.54, 1.807) is 11.7 Å². The van der Waals surface area contributed by atoms with Crippen LogP contribution in [0.5, 0.6) is 0 Å². The molecule has 0 atom stereocenters. The van der Waals surface area contributed by atoms with Gasteiger partial charge in [0.1, 0.15) is 5.82 Å². The summed E-state index contributed by atoms with van der Waals surface area (Å²) in [7, 11) is 1.61. The van der Waals surface area contributed by atoms with Crippen molar-refractivity contribution in [1.29, 1.82) is 0 Å². The summed E-state index contributed by atoms with van der Waals surface area (Å²) < 4.78 is 8.28. The van der Waals surface area contributed by atoms with E-state index in [2.05, 4.69) is 10.4 Å². The van der Waals surface area contributed by atoms with Gasteiger partial charge in [-0.3, -0.25) is 4.57 Å². The minimum atomic E-state index is -0.0947. The van der Waals surface area contributed by atoms with Crippen molar-refractivity contribution in [2.45, 2.75) is 45.3 Å². The summed E-state index contributed by atoms with van der Waals surface area (Å²) in [6.45, 7) is 5.18. The maximum Gasteiger partial charge on any atom is 0.345 e. The molecule has 0 bridgehead atoms. The van der Waals surface area contributed by atoms with E-state index in [0.717, 1.165) is 24.2 Å². The molecule has 8 nitrogen and oxygen atoms in total. The van der Waals surface area contributed by atoms with Gasteiger partial charge in [0.25, 0.3) is 0 Å². The fraction of sp³-hybridized carbons (Fsp3) is 0.550. The predicted molar refractivity (Wildman–Crippen MR) is 111 cm³/mol. The van der Waals surface area contributed by atoms with Crippen LogP contribution in [0, 0.1) is 0 Å². The minimum Gasteiger partial charge on any atom is -0.383 e. The van der Waals surface area contributed by atoms with Crippen molar-refractivity contribution in [3.05, 3.63) is 51.2 Å². The summed E-state index contributed by atoms with van der Waals surface area (Å²) in [6, 6.07) is 7.36. The van der Waals surface area contributed by atoms with Crippen molar-refractivity contribution in [1.82, 2.24) is 24.6 Å². The number of methoxy groups -OCH3 is 1. The van der Waals surface area contributed by atoms with Gasteiger partial charge < -0.3 is 15.0 Å². The molecule has 0 unspecified atom stereocenters. The number of hydrogen-bond donors (Lipinski definition) is 1. The Kier molecular flexibility index (Phi) is 7.33. The van der Waals surface area contributed by atoms with Gasteiger partial charge >= 0.3 is 11.7 Å². The molecule has 1 aliphatic rings. The Morgan fingerprint density at radius 3 is 2.59 bits per heavy atom. The maximum atomic E-state index is 12.5. The second-order valence-electron chi connectivity index (χ2n) is 7.15. The number of carbonyl (C=O) groups excluding carboxylic acids is 1. The van der Waals surface area contributed by atoms with E-state index in [1.807, 2.05) is 36.1 Å². The van der Waals surface area contributed by atoms with Crippen molar-refractivity contribution in [2.24, 2.45) is 0 Å². The number of benzene rings is 1. The van der Waals surface area contributed by atoms with Crippen LogP contribution in [0.3, 0.4) is 0 Å². The van der Waals surface area contributed by atoms with Crippen molar-refractivity contribution >= 4 is 17.6 Å². The molecule has 0 radical (unpaired) electrons. The molecule has 3 rings (SSSR count). The third-order valence-corrected chi connectivity index (χ3v) is 5.53. The lowest BCUT2D eigenvalue weighted by Crippen LogP contribution is -2.44. The van der Waals surface area contributed by atoms with Crippen LogP contribution in [-0.2, 0) is 24.4 Å². The molecule has 29 heavy (non-hydrogen) atoms. The van der Waals surface area contributed by atoms with E-state index in [1.165, 1.54) is 4.68 Å². The highest BCUT2D eigenvalue weighted by Gasteiger charge is 2.28. The minimum absolute atomic E-state index is 0.0723. The van der Waals surface area contributed by atoms with Crippen LogP contribution in [0.25, 0.3) is 0 Å². The van der Waals surface area contributed by atoms with Crippen molar-refractivity contribution in [3.63, 3.8) is 0 Å². The topological polar surface area (TPSA) is 81.4 Å². The van der Waals surface area contributed by atoms with Gasteiger partial charge in [-0.2, -0.15) is 5.10 Å². The highest BCUT2D eigenvalue weighted by Crippen LogP contribution is 2.26. The van der Waals surface area contributed by atoms with Crippen LogP contribution in [0.15, 0.2) is 29.1 Å². The van der Waals surface area contributed by atoms with Gasteiger partial charge in [-0.05, 0) is 37.5 Å². The Bertz CT molecular complexity index is 869. The Balaban J connectivity index is 1.56. The molecule has 0 aliphatic carbocycles. The lowest BCUT2D eigenvalue weighted by atomic mass is 9.96. The van der Waals surface area contributed by atoms with Crippen molar-refractivity contribution in [3.8, 4) is 0 Å². The summed E-state index contributed by atoms with van der Waals surface area (Å²) in [4.78, 5) is 26.8. The van der Waals surface area contributed by atoms with Gasteiger partial charge in [0.05, 0.1) is 13.2 Å². The number of amides is 2. The van der Waals surface area contributed by atoms with E-state index in [0.29, 0.717) is 44.4 Å². The number of halogens is 1. The molecular formula is C20H28ClN5O3. The van der Waals surface area contributed by atoms with E-state index < -0.39 is 0 Å². The smallest absolute Gasteiger partial charge is 0.345 e. The number of carbonyl (C=O) groups is 1. The summed E-state index contributed by atoms with van der Waals surface area (Å²) in [5.74, 6) is 0.988. The second-order valence-corrected chi connectivity index (χ2v) is 7.58. The second kappa shape index (κ2) is 9.93. The number of ether oxygens (including phenoxy) is 1. The van der Waals surface area contributed by atoms with Crippen LogP contribution in [0.2, 0.25) is 5.02 Å². The molecule has 2 amide bonds. The first kappa shape index (κ1) is 21.4. The third-order valence-electron chi connectivity index (χ3n) is 5.28. The van der Waals surface area contributed by atoms with Crippen LogP contribution < -0.4 is 11.0 Å². The Morgan fingerprint density at radius 2 is 1.97 bits per heavy atom. The molecule has 1 aromatic heterocycles. The zero-order chi connectivity index (χ0) is 20.8. The third kappa shape index (κ3) is 5.19. The Morgan fingerprint density at radius 1 is 1.28 bits per heavy atom. The zero-order valence-corrected chi connectivity index (χ0v) is 17.7. The first-order valence-corrected chi connectivity index (χ1v) is 10.3. The highest BCUT2D eigenvalue weighted by atomic mass is 35.5. The number of nitrogens with zero attached hydrogens (tertiary/aromatic N) is 4. The number of urea groups is 1. The summed E-state index contributed by atoms with van der Waals surface area (Å²) >= 11 is 5.89. The van der Waals surface area contributed by atoms with Crippen LogP contribution in [-0.4, -0.2) is 52.1 Å². The highest BCUT2D eigenvalue weighted by molar-refractivity contribution is 6.30. The summed E-state index contributed by atoms with van der Waals surface area (Å²) in [5, 5.41) is 8.19. The molecule has 1 N–H and O–H groups in total. The largest absolute Gasteiger partial charge is 0.383 e. The average Bonchev–Trinajstić information content (AvgIpc) is 3.07. The van der Waals surface area contributed by atoms with Gasteiger partial charge in [-0.1, -0.05) is 23.7 Å². The SMILES string of the molecule is CCn1c(C2CCN(C(=O)NCc3ccc(Cl)cc3)CC2)nn(CCOC)c1=O. The van der Waals surface area contributed by atoms with Crippen LogP contribution in [0.4, 0.5) is 4.79 Å². The van der Waals surface area contributed by atoms with E-state index in [-0.39, 0.29) is 17.6 Å². The van der Waals surface area contributed by atoms with Gasteiger partial charge in [0.15, 0.2) is 0 Å². The molecule has 1 saturated heterocycles. The van der Waals surface area contributed by atoms with E-state index in [4.69, 9.17) is 16.3 Å². The Hall–Kier alpha value is -2.32. The lowest BCUT2D eigenvalue weighted by Gasteiger charge is -2.31. The summed E-state index contributed by atoms with van der Waals surface area (Å²) in [5.41, 5.74) is 0.911. The molecule has 1 fully saturated rings. The predicted octanol–water partition coefficient (Wildman–Crippen LogP) is 2.45. The number of piperidine rings is 1. The van der Waals surface area contributed by atoms with E-state index in [9.17, 15) is 9.59 Å². The summed E-state index contributed by atoms with van der Waals surface area (Å²) in [6.07, 6.45) is 1.57. The van der Waals surface area contributed by atoms with Gasteiger partial charge in [0.2, 0.25) is 0 Å². The quantitative estimate of drug-likeness (QED) is 0.744. The molecule has 1 aromatic carbocycles. The lowest BCUT2D eigenvalue weighted by molar-refractivity contribution is 0.178. The molecule has 2 aromatic rings. The standard InChI is InChI=1S/C20H28ClN5O3/c1-3-25-18(23-26(20(25)28)12-13-29-2)16-8-10-24(11-9-16)19(27)22-14-15-4-6-17(21)7-5-15/h4-7,16H,3,8-14H2,1-2H3,(H,22,27). The van der Waals surface area contributed by atoms with E-state index >= 15 is 0 Å². The monoisotopic (exact) mass is 421 g/mol. The molecule has 158 valence electrons. The number of likely N-dealkylation sites (tertiary alicyclic amines) is 1. The van der Waals surface area contributed by atoms with Crippen molar-refractivity contribution in [2.75, 3.05) is 26.8 Å².